The lowest BCUT2D eigenvalue weighted by atomic mass is 10.1. The third-order valence-electron chi connectivity index (χ3n) is 4.20. The first kappa shape index (κ1) is 19.0. The van der Waals surface area contributed by atoms with Gasteiger partial charge in [-0.05, 0) is 33.6 Å². The predicted octanol–water partition coefficient (Wildman–Crippen LogP) is 0.523. The number of nitrogens with two attached hydrogens (primary N) is 1. The van der Waals surface area contributed by atoms with Crippen LogP contribution in [0.2, 0.25) is 0 Å². The van der Waals surface area contributed by atoms with Crippen molar-refractivity contribution in [2.75, 3.05) is 25.4 Å². The molecule has 0 bridgehead atoms. The summed E-state index contributed by atoms with van der Waals surface area (Å²) in [5, 5.41) is 5.06. The van der Waals surface area contributed by atoms with Gasteiger partial charge in [-0.15, -0.1) is 0 Å². The first-order valence-electron chi connectivity index (χ1n) is 8.22. The minimum absolute atomic E-state index is 0.0836. The van der Waals surface area contributed by atoms with Crippen molar-refractivity contribution in [3.05, 3.63) is 0 Å². The van der Waals surface area contributed by atoms with Crippen molar-refractivity contribution in [2.45, 2.75) is 51.7 Å². The Morgan fingerprint density at radius 1 is 1.38 bits per heavy atom. The van der Waals surface area contributed by atoms with E-state index in [1.54, 1.807) is 9.80 Å². The molecule has 0 aromatic rings. The van der Waals surface area contributed by atoms with Gasteiger partial charge in [0, 0.05) is 32.0 Å². The van der Waals surface area contributed by atoms with Crippen molar-refractivity contribution in [2.24, 2.45) is 11.1 Å². The number of carbonyl (C=O) groups is 2. The maximum Gasteiger partial charge on any atom is 0.410 e. The summed E-state index contributed by atoms with van der Waals surface area (Å²) in [6.45, 7) is 6.85. The molecule has 0 saturated carbocycles. The molecule has 0 aromatic heterocycles. The maximum absolute atomic E-state index is 12.3. The molecule has 2 atom stereocenters. The van der Waals surface area contributed by atoms with E-state index < -0.39 is 15.6 Å². The van der Waals surface area contributed by atoms with Gasteiger partial charge in [0.15, 0.2) is 0 Å². The third kappa shape index (κ3) is 5.34. The highest BCUT2D eigenvalue weighted by Crippen LogP contribution is 2.25. The molecule has 138 valence electrons. The van der Waals surface area contributed by atoms with E-state index in [2.05, 4.69) is 0 Å². The fraction of sp³-hybridized carbons (Fsp3) is 0.867. The molecule has 24 heavy (non-hydrogen) atoms. The molecule has 2 aliphatic heterocycles. The minimum atomic E-state index is -3.59. The number of likely N-dealkylation sites (tertiary alicyclic amines) is 2. The Morgan fingerprint density at radius 2 is 2.04 bits per heavy atom. The van der Waals surface area contributed by atoms with E-state index in [4.69, 9.17) is 9.88 Å². The Balaban J connectivity index is 1.94. The van der Waals surface area contributed by atoms with Crippen LogP contribution in [0.4, 0.5) is 4.79 Å². The Morgan fingerprint density at radius 3 is 2.62 bits per heavy atom. The highest BCUT2D eigenvalue weighted by Gasteiger charge is 2.37. The third-order valence-corrected chi connectivity index (χ3v) is 5.13. The maximum atomic E-state index is 12.3. The van der Waals surface area contributed by atoms with Crippen LogP contribution >= 0.6 is 0 Å². The summed E-state index contributed by atoms with van der Waals surface area (Å²) in [5.41, 5.74) is -0.561. The number of sulfonamides is 1. The summed E-state index contributed by atoms with van der Waals surface area (Å²) in [7, 11) is -3.59. The molecule has 9 heteroatoms. The summed E-state index contributed by atoms with van der Waals surface area (Å²) in [5.74, 6) is -0.543. The van der Waals surface area contributed by atoms with Crippen molar-refractivity contribution in [3.8, 4) is 0 Å². The molecular weight excluding hydrogens is 334 g/mol. The fourth-order valence-electron chi connectivity index (χ4n) is 3.31. The molecule has 2 heterocycles. The quantitative estimate of drug-likeness (QED) is 0.785. The molecule has 2 amide bonds. The molecule has 2 aliphatic rings. The summed E-state index contributed by atoms with van der Waals surface area (Å²) >= 11 is 0. The lowest BCUT2D eigenvalue weighted by Crippen LogP contribution is -2.45. The Hall–Kier alpha value is -1.35. The van der Waals surface area contributed by atoms with E-state index >= 15 is 0 Å². The number of ether oxygens (including phenoxy) is 1. The zero-order valence-corrected chi connectivity index (χ0v) is 15.3. The van der Waals surface area contributed by atoms with Crippen LogP contribution < -0.4 is 5.14 Å². The van der Waals surface area contributed by atoms with Crippen molar-refractivity contribution in [3.63, 3.8) is 0 Å². The van der Waals surface area contributed by atoms with Crippen LogP contribution in [0.1, 0.15) is 40.0 Å². The molecule has 0 spiro atoms. The molecule has 2 N–H and O–H groups in total. The van der Waals surface area contributed by atoms with Crippen molar-refractivity contribution < 1.29 is 22.7 Å². The van der Waals surface area contributed by atoms with Crippen LogP contribution in [-0.4, -0.2) is 67.2 Å². The zero-order valence-electron chi connectivity index (χ0n) is 14.5. The largest absolute Gasteiger partial charge is 0.444 e. The van der Waals surface area contributed by atoms with E-state index in [0.29, 0.717) is 19.6 Å². The number of rotatable bonds is 4. The second kappa shape index (κ2) is 6.87. The number of carbonyl (C=O) groups excluding carboxylic acids is 2. The number of hydrogen-bond acceptors (Lipinski definition) is 5. The van der Waals surface area contributed by atoms with Crippen LogP contribution in [0, 0.1) is 5.92 Å². The van der Waals surface area contributed by atoms with E-state index in [9.17, 15) is 18.0 Å². The summed E-state index contributed by atoms with van der Waals surface area (Å²) < 4.78 is 27.8. The Labute approximate surface area is 143 Å². The first-order chi connectivity index (χ1) is 10.9. The van der Waals surface area contributed by atoms with E-state index in [1.807, 2.05) is 20.8 Å². The molecule has 0 aromatic carbocycles. The summed E-state index contributed by atoms with van der Waals surface area (Å²) in [4.78, 5) is 27.7. The number of amides is 2. The topological polar surface area (TPSA) is 110 Å². The van der Waals surface area contributed by atoms with Crippen LogP contribution in [0.5, 0.6) is 0 Å². The number of nitrogens with zero attached hydrogens (tertiary/aromatic N) is 2. The lowest BCUT2D eigenvalue weighted by molar-refractivity contribution is -0.128. The highest BCUT2D eigenvalue weighted by molar-refractivity contribution is 7.89. The van der Waals surface area contributed by atoms with Gasteiger partial charge in [0.1, 0.15) is 5.60 Å². The molecule has 2 fully saturated rings. The average molecular weight is 361 g/mol. The monoisotopic (exact) mass is 361 g/mol. The van der Waals surface area contributed by atoms with E-state index in [1.165, 1.54) is 0 Å². The van der Waals surface area contributed by atoms with E-state index in [-0.39, 0.29) is 36.1 Å². The van der Waals surface area contributed by atoms with Gasteiger partial charge in [0.05, 0.1) is 11.8 Å². The van der Waals surface area contributed by atoms with Crippen molar-refractivity contribution in [1.29, 1.82) is 0 Å². The highest BCUT2D eigenvalue weighted by atomic mass is 32.2. The second-order valence-corrected chi connectivity index (χ2v) is 9.33. The van der Waals surface area contributed by atoms with Crippen molar-refractivity contribution in [1.82, 2.24) is 9.80 Å². The first-order valence-corrected chi connectivity index (χ1v) is 9.94. The van der Waals surface area contributed by atoms with Crippen LogP contribution in [0.25, 0.3) is 0 Å². The molecule has 2 rings (SSSR count). The predicted molar refractivity (Wildman–Crippen MR) is 88.6 cm³/mol. The second-order valence-electron chi connectivity index (χ2n) is 7.67. The average Bonchev–Trinajstić information content (AvgIpc) is 2.93. The summed E-state index contributed by atoms with van der Waals surface area (Å²) in [6.07, 6.45) is 1.50. The van der Waals surface area contributed by atoms with Gasteiger partial charge in [-0.25, -0.2) is 18.4 Å². The Kier molecular flexibility index (Phi) is 5.44. The lowest BCUT2D eigenvalue weighted by Gasteiger charge is -2.31. The molecular formula is C15H27N3O5S. The van der Waals surface area contributed by atoms with Crippen LogP contribution in [0.15, 0.2) is 0 Å². The molecule has 2 saturated heterocycles. The van der Waals surface area contributed by atoms with Gasteiger partial charge >= 0.3 is 6.09 Å². The number of hydrogen-bond donors (Lipinski definition) is 1. The van der Waals surface area contributed by atoms with Crippen LogP contribution in [-0.2, 0) is 19.6 Å². The summed E-state index contributed by atoms with van der Waals surface area (Å²) in [6, 6.07) is -0.0861. The standard InChI is InChI=1S/C15H27N3O5S/c1-15(2,3)23-14(20)18-6-4-5-12(18)9-17-8-11(7-13(17)19)10-24(16,21)22/h11-12H,4-10H2,1-3H3,(H2,16,21,22). The van der Waals surface area contributed by atoms with Gasteiger partial charge in [-0.2, -0.15) is 0 Å². The molecule has 8 nitrogen and oxygen atoms in total. The van der Waals surface area contributed by atoms with Gasteiger partial charge in [-0.1, -0.05) is 0 Å². The number of primary sulfonamides is 1. The van der Waals surface area contributed by atoms with Gasteiger partial charge < -0.3 is 14.5 Å². The fourth-order valence-corrected chi connectivity index (χ4v) is 4.19. The van der Waals surface area contributed by atoms with Crippen LogP contribution in [0.3, 0.4) is 0 Å². The smallest absolute Gasteiger partial charge is 0.410 e. The van der Waals surface area contributed by atoms with Gasteiger partial charge in [0.2, 0.25) is 15.9 Å². The normalized spacial score (nSPS) is 25.4. The zero-order chi connectivity index (χ0) is 18.1. The Bertz CT molecular complexity index is 599. The van der Waals surface area contributed by atoms with Gasteiger partial charge in [0.25, 0.3) is 0 Å². The van der Waals surface area contributed by atoms with E-state index in [0.717, 1.165) is 12.8 Å². The van der Waals surface area contributed by atoms with Crippen molar-refractivity contribution >= 4 is 22.0 Å². The molecule has 0 radical (unpaired) electrons. The molecule has 2 unspecified atom stereocenters. The van der Waals surface area contributed by atoms with Gasteiger partial charge in [-0.3, -0.25) is 4.79 Å². The SMILES string of the molecule is CC(C)(C)OC(=O)N1CCCC1CN1CC(CS(N)(=O)=O)CC1=O. The minimum Gasteiger partial charge on any atom is -0.444 e. The molecule has 0 aliphatic carbocycles.